The van der Waals surface area contributed by atoms with E-state index in [-0.39, 0.29) is 30.4 Å². The van der Waals surface area contributed by atoms with Crippen molar-refractivity contribution in [3.63, 3.8) is 0 Å². The molecule has 3 N–H and O–H groups in total. The van der Waals surface area contributed by atoms with Gasteiger partial charge in [0.2, 0.25) is 11.8 Å². The molecule has 4 heterocycles. The third-order valence-electron chi connectivity index (χ3n) is 8.37. The average molecular weight is 630 g/mol. The molecule has 0 spiro atoms. The number of aromatic nitrogens is 1. The van der Waals surface area contributed by atoms with Crippen LogP contribution in [0, 0.1) is 5.92 Å². The Hall–Kier alpha value is -2.90. The van der Waals surface area contributed by atoms with Crippen LogP contribution in [0.25, 0.3) is 10.4 Å². The number of thiazole rings is 1. The summed E-state index contributed by atoms with van der Waals surface area (Å²) in [5.74, 6) is -0.668. The molecule has 1 aromatic heterocycles. The van der Waals surface area contributed by atoms with Crippen molar-refractivity contribution in [3.8, 4) is 10.4 Å². The highest BCUT2D eigenvalue weighted by atomic mass is 32.1. The molecule has 2 aromatic rings. The van der Waals surface area contributed by atoms with Gasteiger partial charge < -0.3 is 30.2 Å². The van der Waals surface area contributed by atoms with E-state index >= 15 is 0 Å². The highest BCUT2D eigenvalue weighted by Gasteiger charge is 2.39. The normalized spacial score (nSPS) is 20.7. The van der Waals surface area contributed by atoms with Crippen molar-refractivity contribution in [1.82, 2.24) is 20.1 Å². The molecule has 3 saturated heterocycles. The van der Waals surface area contributed by atoms with E-state index in [0.29, 0.717) is 51.6 Å². The lowest BCUT2D eigenvalue weighted by molar-refractivity contribution is -0.141. The highest BCUT2D eigenvalue weighted by Crippen LogP contribution is 2.30. The molecule has 44 heavy (non-hydrogen) atoms. The summed E-state index contributed by atoms with van der Waals surface area (Å²) in [4.78, 5) is 48.5. The van der Waals surface area contributed by atoms with Crippen LogP contribution in [-0.4, -0.2) is 104 Å². The second-order valence-corrected chi connectivity index (χ2v) is 11.9. The Bertz CT molecular complexity index is 1210. The smallest absolute Gasteiger partial charge is 0.358 e. The highest BCUT2D eigenvalue weighted by molar-refractivity contribution is 7.13. The minimum Gasteiger partial charge on any atom is -0.461 e. The Morgan fingerprint density at radius 2 is 1.73 bits per heavy atom. The maximum atomic E-state index is 13.8. The molecule has 0 bridgehead atoms. The van der Waals surface area contributed by atoms with E-state index in [0.717, 1.165) is 48.4 Å². The number of ether oxygens (including phenoxy) is 3. The second-order valence-electron chi connectivity index (χ2n) is 11.0. The predicted molar refractivity (Wildman–Crippen MR) is 169 cm³/mol. The summed E-state index contributed by atoms with van der Waals surface area (Å²) in [5.41, 5.74) is 10.2. The number of carbonyl (C=O) groups excluding carboxylic acids is 3. The van der Waals surface area contributed by atoms with E-state index in [4.69, 9.17) is 19.9 Å². The van der Waals surface area contributed by atoms with E-state index in [9.17, 15) is 14.4 Å². The van der Waals surface area contributed by atoms with Gasteiger partial charge in [-0.1, -0.05) is 38.1 Å². The number of carbonyl (C=O) groups is 3. The molecule has 12 heteroatoms. The van der Waals surface area contributed by atoms with Crippen LogP contribution in [0.5, 0.6) is 0 Å². The Balaban J connectivity index is 0.00000216. The maximum Gasteiger partial charge on any atom is 0.358 e. The molecule has 3 aliphatic heterocycles. The second kappa shape index (κ2) is 17.0. The summed E-state index contributed by atoms with van der Waals surface area (Å²) in [5, 5.41) is 3.27. The van der Waals surface area contributed by atoms with Gasteiger partial charge in [0, 0.05) is 39.4 Å². The topological polar surface area (TPSA) is 136 Å². The van der Waals surface area contributed by atoms with Crippen LogP contribution < -0.4 is 11.1 Å². The molecule has 242 valence electrons. The lowest BCUT2D eigenvalue weighted by Crippen LogP contribution is -2.54. The zero-order valence-electron chi connectivity index (χ0n) is 26.2. The largest absolute Gasteiger partial charge is 0.461 e. The van der Waals surface area contributed by atoms with E-state index in [1.807, 2.05) is 38.1 Å². The summed E-state index contributed by atoms with van der Waals surface area (Å²) in [6.45, 7) is 11.3. The first-order chi connectivity index (χ1) is 21.5. The summed E-state index contributed by atoms with van der Waals surface area (Å²) >= 11 is 1.38. The minimum absolute atomic E-state index is 0.0750. The summed E-state index contributed by atoms with van der Waals surface area (Å²) in [6.07, 6.45) is 2.91. The quantitative estimate of drug-likeness (QED) is 0.380. The van der Waals surface area contributed by atoms with Crippen molar-refractivity contribution >= 4 is 29.1 Å². The number of hydrogen-bond acceptors (Lipinski definition) is 10. The van der Waals surface area contributed by atoms with Gasteiger partial charge in [0.05, 0.1) is 42.3 Å². The van der Waals surface area contributed by atoms with Gasteiger partial charge in [0.1, 0.15) is 6.04 Å². The maximum absolute atomic E-state index is 13.8. The molecule has 3 unspecified atom stereocenters. The number of amides is 2. The minimum atomic E-state index is -0.620. The van der Waals surface area contributed by atoms with Crippen molar-refractivity contribution in [3.05, 3.63) is 41.0 Å². The van der Waals surface area contributed by atoms with Gasteiger partial charge >= 0.3 is 5.97 Å². The Morgan fingerprint density at radius 3 is 2.41 bits per heavy atom. The predicted octanol–water partition coefficient (Wildman–Crippen LogP) is 3.25. The van der Waals surface area contributed by atoms with Gasteiger partial charge in [-0.3, -0.25) is 14.5 Å². The fraction of sp³-hybridized carbons (Fsp3) is 0.625. The third kappa shape index (κ3) is 8.42. The average Bonchev–Trinajstić information content (AvgIpc) is 3.77. The number of morpholine rings is 1. The van der Waals surface area contributed by atoms with Crippen LogP contribution in [0.3, 0.4) is 0 Å². The molecular weight excluding hydrogens is 582 g/mol. The monoisotopic (exact) mass is 629 g/mol. The first-order valence-electron chi connectivity index (χ1n) is 15.9. The van der Waals surface area contributed by atoms with Gasteiger partial charge in [-0.15, -0.1) is 11.3 Å². The number of likely N-dealkylation sites (tertiary alicyclic amines) is 1. The van der Waals surface area contributed by atoms with E-state index in [2.05, 4.69) is 15.2 Å². The first-order valence-corrected chi connectivity index (χ1v) is 16.8. The molecular formula is C32H47N5O6S. The lowest BCUT2D eigenvalue weighted by Gasteiger charge is -2.34. The van der Waals surface area contributed by atoms with Crippen LogP contribution in [0.15, 0.2) is 29.8 Å². The first kappa shape index (κ1) is 34.0. The van der Waals surface area contributed by atoms with E-state index in [1.165, 1.54) is 11.3 Å². The molecule has 0 saturated carbocycles. The standard InChI is InChI=1S/C30H41N5O6S.C2H6/c1-2-41-30(38)26-27(42-19-32-26)22-7-5-20(6-8-22)23(18-34-12-16-40-17-13-34)33-28(36)24-4-3-11-35(24)29(37)25(31)21-9-14-39-15-10-21;1-2/h5-8,19,21,23-25H,2-4,9-18,31H2,1H3,(H,33,36);1-2H3. The van der Waals surface area contributed by atoms with Crippen LogP contribution >= 0.6 is 11.3 Å². The molecule has 0 aliphatic carbocycles. The van der Waals surface area contributed by atoms with Gasteiger partial charge in [0.15, 0.2) is 5.69 Å². The van der Waals surface area contributed by atoms with Crippen molar-refractivity contribution < 1.29 is 28.6 Å². The molecule has 2 amide bonds. The summed E-state index contributed by atoms with van der Waals surface area (Å²) < 4.78 is 16.1. The van der Waals surface area contributed by atoms with Crippen LogP contribution in [0.4, 0.5) is 0 Å². The number of nitrogens with two attached hydrogens (primary N) is 1. The number of nitrogens with one attached hydrogen (secondary N) is 1. The zero-order chi connectivity index (χ0) is 31.5. The van der Waals surface area contributed by atoms with Gasteiger partial charge in [-0.2, -0.15) is 0 Å². The SMILES string of the molecule is CC.CCOC(=O)c1ncsc1-c1ccc(C(CN2CCOCC2)NC(=O)C2CCCN2C(=O)C(N)C2CCOCC2)cc1. The molecule has 1 aromatic carbocycles. The Morgan fingerprint density at radius 1 is 1.05 bits per heavy atom. The summed E-state index contributed by atoms with van der Waals surface area (Å²) in [6, 6.07) is 6.40. The number of hydrogen-bond donors (Lipinski definition) is 2. The van der Waals surface area contributed by atoms with Crippen molar-refractivity contribution in [2.24, 2.45) is 11.7 Å². The fourth-order valence-corrected chi connectivity index (χ4v) is 6.76. The third-order valence-corrected chi connectivity index (χ3v) is 9.25. The molecule has 0 radical (unpaired) electrons. The van der Waals surface area contributed by atoms with Crippen molar-refractivity contribution in [2.75, 3.05) is 59.2 Å². The molecule has 3 aliphatic rings. The molecule has 3 fully saturated rings. The van der Waals surface area contributed by atoms with E-state index < -0.39 is 18.1 Å². The Labute approximate surface area is 264 Å². The lowest BCUT2D eigenvalue weighted by atomic mass is 9.91. The summed E-state index contributed by atoms with van der Waals surface area (Å²) in [7, 11) is 0. The van der Waals surface area contributed by atoms with Crippen molar-refractivity contribution in [1.29, 1.82) is 0 Å². The number of nitrogens with zero attached hydrogens (tertiary/aromatic N) is 3. The van der Waals surface area contributed by atoms with Crippen LogP contribution in [0.1, 0.15) is 68.5 Å². The number of rotatable bonds is 10. The van der Waals surface area contributed by atoms with Gasteiger partial charge in [0.25, 0.3) is 0 Å². The van der Waals surface area contributed by atoms with E-state index in [1.54, 1.807) is 17.3 Å². The van der Waals surface area contributed by atoms with Gasteiger partial charge in [-0.25, -0.2) is 9.78 Å². The van der Waals surface area contributed by atoms with Gasteiger partial charge in [-0.05, 0) is 49.7 Å². The zero-order valence-corrected chi connectivity index (χ0v) is 27.0. The van der Waals surface area contributed by atoms with Crippen molar-refractivity contribution in [2.45, 2.75) is 64.6 Å². The number of esters is 1. The molecule has 3 atom stereocenters. The fourth-order valence-electron chi connectivity index (χ4n) is 5.98. The van der Waals surface area contributed by atoms with Crippen LogP contribution in [-0.2, 0) is 23.8 Å². The Kier molecular flexibility index (Phi) is 13.1. The molecule has 5 rings (SSSR count). The number of benzene rings is 1. The van der Waals surface area contributed by atoms with Crippen LogP contribution in [0.2, 0.25) is 0 Å². The molecule has 11 nitrogen and oxygen atoms in total.